The molecule has 0 aromatic heterocycles. The molecule has 0 amide bonds. The molecule has 0 heterocycles. The molecular weight excluding hydrogens is 236 g/mol. The Kier molecular flexibility index (Phi) is 3.51. The monoisotopic (exact) mass is 254 g/mol. The van der Waals surface area contributed by atoms with E-state index in [1.807, 2.05) is 30.3 Å². The minimum Gasteiger partial charge on any atom is -0.330 e. The van der Waals surface area contributed by atoms with Crippen molar-refractivity contribution < 1.29 is 8.42 Å². The standard InChI is InChI=1S/C12H18N2O2S/c13-9-12(6-7-12)10-14-17(15,16)8-11-4-2-1-3-5-11/h1-5,14H,6-10,13H2. The van der Waals surface area contributed by atoms with Crippen LogP contribution in [-0.2, 0) is 15.8 Å². The maximum absolute atomic E-state index is 11.8. The second kappa shape index (κ2) is 4.76. The van der Waals surface area contributed by atoms with Crippen LogP contribution >= 0.6 is 0 Å². The van der Waals surface area contributed by atoms with Crippen molar-refractivity contribution in [3.05, 3.63) is 35.9 Å². The second-order valence-corrected chi connectivity index (χ2v) is 6.58. The molecule has 0 aliphatic heterocycles. The molecule has 0 saturated heterocycles. The van der Waals surface area contributed by atoms with Crippen molar-refractivity contribution in [3.63, 3.8) is 0 Å². The van der Waals surface area contributed by atoms with Gasteiger partial charge in [0.05, 0.1) is 5.75 Å². The van der Waals surface area contributed by atoms with Gasteiger partial charge >= 0.3 is 0 Å². The summed E-state index contributed by atoms with van der Waals surface area (Å²) in [6, 6.07) is 9.18. The molecule has 17 heavy (non-hydrogen) atoms. The Hall–Kier alpha value is -0.910. The van der Waals surface area contributed by atoms with E-state index in [2.05, 4.69) is 4.72 Å². The van der Waals surface area contributed by atoms with E-state index in [-0.39, 0.29) is 11.2 Å². The highest BCUT2D eigenvalue weighted by Crippen LogP contribution is 2.43. The van der Waals surface area contributed by atoms with E-state index in [4.69, 9.17) is 5.73 Å². The molecule has 0 atom stereocenters. The van der Waals surface area contributed by atoms with Gasteiger partial charge in [0, 0.05) is 6.54 Å². The van der Waals surface area contributed by atoms with Gasteiger partial charge in [-0.25, -0.2) is 13.1 Å². The van der Waals surface area contributed by atoms with E-state index in [9.17, 15) is 8.42 Å². The first-order chi connectivity index (χ1) is 8.05. The molecule has 0 spiro atoms. The third-order valence-corrected chi connectivity index (χ3v) is 4.55. The fourth-order valence-corrected chi connectivity index (χ4v) is 3.00. The minimum atomic E-state index is -3.24. The first-order valence-corrected chi connectivity index (χ1v) is 7.42. The van der Waals surface area contributed by atoms with Gasteiger partial charge in [-0.3, -0.25) is 0 Å². The number of nitrogens with two attached hydrogens (primary N) is 1. The number of rotatable bonds is 6. The Morgan fingerprint density at radius 1 is 1.24 bits per heavy atom. The zero-order valence-electron chi connectivity index (χ0n) is 9.72. The van der Waals surface area contributed by atoms with E-state index in [0.717, 1.165) is 18.4 Å². The Bertz CT molecular complexity index is 467. The summed E-state index contributed by atoms with van der Waals surface area (Å²) in [6.07, 6.45) is 2.05. The third kappa shape index (κ3) is 3.52. The molecule has 1 aromatic carbocycles. The van der Waals surface area contributed by atoms with Crippen molar-refractivity contribution in [2.45, 2.75) is 18.6 Å². The predicted octanol–water partition coefficient (Wildman–Crippen LogP) is 0.845. The first-order valence-electron chi connectivity index (χ1n) is 5.77. The molecule has 1 saturated carbocycles. The van der Waals surface area contributed by atoms with E-state index in [0.29, 0.717) is 13.1 Å². The van der Waals surface area contributed by atoms with Crippen LogP contribution in [-0.4, -0.2) is 21.5 Å². The zero-order valence-corrected chi connectivity index (χ0v) is 10.5. The highest BCUT2D eigenvalue weighted by molar-refractivity contribution is 7.88. The lowest BCUT2D eigenvalue weighted by atomic mass is 10.1. The Morgan fingerprint density at radius 2 is 1.88 bits per heavy atom. The number of benzene rings is 1. The molecule has 94 valence electrons. The van der Waals surface area contributed by atoms with Crippen molar-refractivity contribution in [3.8, 4) is 0 Å². The molecule has 1 aliphatic rings. The lowest BCUT2D eigenvalue weighted by molar-refractivity contribution is 0.500. The summed E-state index contributed by atoms with van der Waals surface area (Å²) in [5, 5.41) is 0. The van der Waals surface area contributed by atoms with Crippen LogP contribution in [0.15, 0.2) is 30.3 Å². The molecule has 2 rings (SSSR count). The topological polar surface area (TPSA) is 72.2 Å². The molecule has 5 heteroatoms. The quantitative estimate of drug-likeness (QED) is 0.790. The Balaban J connectivity index is 1.91. The average molecular weight is 254 g/mol. The van der Waals surface area contributed by atoms with Gasteiger partial charge in [0.1, 0.15) is 0 Å². The molecule has 4 nitrogen and oxygen atoms in total. The minimum absolute atomic E-state index is 0.0315. The molecule has 1 fully saturated rings. The summed E-state index contributed by atoms with van der Waals surface area (Å²) in [7, 11) is -3.24. The van der Waals surface area contributed by atoms with Gasteiger partial charge in [-0.15, -0.1) is 0 Å². The SMILES string of the molecule is NCC1(CNS(=O)(=O)Cc2ccccc2)CC1. The maximum atomic E-state index is 11.8. The largest absolute Gasteiger partial charge is 0.330 e. The van der Waals surface area contributed by atoms with Crippen LogP contribution < -0.4 is 10.5 Å². The fourth-order valence-electron chi connectivity index (χ4n) is 1.74. The van der Waals surface area contributed by atoms with E-state index < -0.39 is 10.0 Å². The van der Waals surface area contributed by atoms with Crippen molar-refractivity contribution in [1.82, 2.24) is 4.72 Å². The first kappa shape index (κ1) is 12.5. The van der Waals surface area contributed by atoms with Crippen molar-refractivity contribution >= 4 is 10.0 Å². The zero-order chi connectivity index (χ0) is 12.4. The van der Waals surface area contributed by atoms with Gasteiger partial charge < -0.3 is 5.73 Å². The highest BCUT2D eigenvalue weighted by Gasteiger charge is 2.41. The summed E-state index contributed by atoms with van der Waals surface area (Å²) in [4.78, 5) is 0. The van der Waals surface area contributed by atoms with Crippen LogP contribution in [0.2, 0.25) is 0 Å². The Labute approximate surface area is 102 Å². The van der Waals surface area contributed by atoms with Crippen LogP contribution in [0.1, 0.15) is 18.4 Å². The van der Waals surface area contributed by atoms with Crippen LogP contribution in [0.3, 0.4) is 0 Å². The van der Waals surface area contributed by atoms with Gasteiger partial charge in [0.2, 0.25) is 10.0 Å². The molecule has 3 N–H and O–H groups in total. The Morgan fingerprint density at radius 3 is 2.41 bits per heavy atom. The summed E-state index contributed by atoms with van der Waals surface area (Å²) in [6.45, 7) is 1.03. The number of hydrogen-bond donors (Lipinski definition) is 2. The summed E-state index contributed by atoms with van der Waals surface area (Å²) >= 11 is 0. The predicted molar refractivity (Wildman–Crippen MR) is 67.8 cm³/mol. The lowest BCUT2D eigenvalue weighted by Gasteiger charge is -2.13. The van der Waals surface area contributed by atoms with E-state index in [1.165, 1.54) is 0 Å². The van der Waals surface area contributed by atoms with Gasteiger partial charge in [0.15, 0.2) is 0 Å². The van der Waals surface area contributed by atoms with Crippen molar-refractivity contribution in [2.75, 3.05) is 13.1 Å². The van der Waals surface area contributed by atoms with Crippen LogP contribution in [0.25, 0.3) is 0 Å². The van der Waals surface area contributed by atoms with Gasteiger partial charge in [0.25, 0.3) is 0 Å². The highest BCUT2D eigenvalue weighted by atomic mass is 32.2. The molecule has 1 aromatic rings. The van der Waals surface area contributed by atoms with Crippen LogP contribution in [0, 0.1) is 5.41 Å². The second-order valence-electron chi connectivity index (χ2n) is 4.77. The summed E-state index contributed by atoms with van der Waals surface area (Å²) in [5.41, 5.74) is 6.45. The molecule has 0 unspecified atom stereocenters. The number of nitrogens with one attached hydrogen (secondary N) is 1. The maximum Gasteiger partial charge on any atom is 0.215 e. The smallest absolute Gasteiger partial charge is 0.215 e. The summed E-state index contributed by atoms with van der Waals surface area (Å²) < 4.78 is 26.3. The van der Waals surface area contributed by atoms with Gasteiger partial charge in [-0.05, 0) is 30.4 Å². The third-order valence-electron chi connectivity index (χ3n) is 3.26. The van der Waals surface area contributed by atoms with E-state index in [1.54, 1.807) is 0 Å². The molecule has 0 bridgehead atoms. The molecular formula is C12H18N2O2S. The molecule has 0 radical (unpaired) electrons. The van der Waals surface area contributed by atoms with Crippen molar-refractivity contribution in [2.24, 2.45) is 11.1 Å². The van der Waals surface area contributed by atoms with Crippen LogP contribution in [0.4, 0.5) is 0 Å². The van der Waals surface area contributed by atoms with E-state index >= 15 is 0 Å². The van der Waals surface area contributed by atoms with Gasteiger partial charge in [-0.2, -0.15) is 0 Å². The average Bonchev–Trinajstić information content (AvgIpc) is 3.08. The normalized spacial score (nSPS) is 17.9. The number of hydrogen-bond acceptors (Lipinski definition) is 3. The lowest BCUT2D eigenvalue weighted by Crippen LogP contribution is -2.34. The van der Waals surface area contributed by atoms with Crippen LogP contribution in [0.5, 0.6) is 0 Å². The summed E-state index contributed by atoms with van der Waals surface area (Å²) in [5.74, 6) is 0.0362. The number of sulfonamides is 1. The van der Waals surface area contributed by atoms with Gasteiger partial charge in [-0.1, -0.05) is 30.3 Å². The van der Waals surface area contributed by atoms with Crippen molar-refractivity contribution in [1.29, 1.82) is 0 Å². The molecule has 1 aliphatic carbocycles. The fraction of sp³-hybridized carbons (Fsp3) is 0.500.